The fraction of sp³-hybridized carbons (Fsp3) is 0.364. The lowest BCUT2D eigenvalue weighted by atomic mass is 10.1. The zero-order valence-electron chi connectivity index (χ0n) is 17.0. The third-order valence-corrected chi connectivity index (χ3v) is 4.44. The van der Waals surface area contributed by atoms with Crippen molar-refractivity contribution < 1.29 is 23.5 Å². The lowest BCUT2D eigenvalue weighted by Crippen LogP contribution is -2.50. The van der Waals surface area contributed by atoms with Crippen molar-refractivity contribution in [3.63, 3.8) is 0 Å². The maximum atomic E-state index is 13.8. The number of ether oxygens (including phenoxy) is 2. The average molecular weight is 402 g/mol. The number of para-hydroxylation sites is 1. The molecule has 29 heavy (non-hydrogen) atoms. The largest absolute Gasteiger partial charge is 0.497 e. The van der Waals surface area contributed by atoms with Crippen LogP contribution in [0.1, 0.15) is 25.8 Å². The number of carbonyl (C=O) groups excluding carboxylic acids is 2. The molecule has 7 heteroatoms. The van der Waals surface area contributed by atoms with Gasteiger partial charge >= 0.3 is 0 Å². The molecule has 0 aliphatic rings. The molecule has 1 atom stereocenters. The van der Waals surface area contributed by atoms with Crippen LogP contribution in [0.2, 0.25) is 0 Å². The number of rotatable bonds is 10. The molecule has 2 amide bonds. The number of hydrogen-bond acceptors (Lipinski definition) is 4. The van der Waals surface area contributed by atoms with E-state index in [0.29, 0.717) is 18.7 Å². The first-order valence-corrected chi connectivity index (χ1v) is 9.57. The topological polar surface area (TPSA) is 67.9 Å². The van der Waals surface area contributed by atoms with E-state index in [1.165, 1.54) is 17.0 Å². The number of methoxy groups -OCH3 is 1. The molecule has 0 saturated heterocycles. The molecule has 0 heterocycles. The van der Waals surface area contributed by atoms with Crippen molar-refractivity contribution in [2.24, 2.45) is 0 Å². The van der Waals surface area contributed by atoms with Crippen LogP contribution in [0.3, 0.4) is 0 Å². The second kappa shape index (κ2) is 11.0. The molecule has 0 aliphatic carbocycles. The molecule has 2 rings (SSSR count). The Bertz CT molecular complexity index is 811. The molecular weight excluding hydrogens is 375 g/mol. The van der Waals surface area contributed by atoms with Crippen LogP contribution >= 0.6 is 0 Å². The van der Waals surface area contributed by atoms with Gasteiger partial charge in [0.2, 0.25) is 5.91 Å². The number of nitrogens with one attached hydrogen (secondary N) is 1. The predicted molar refractivity (Wildman–Crippen MR) is 108 cm³/mol. The minimum absolute atomic E-state index is 0.00342. The number of nitrogens with zero attached hydrogens (tertiary/aromatic N) is 1. The van der Waals surface area contributed by atoms with Crippen molar-refractivity contribution in [3.8, 4) is 11.5 Å². The molecule has 1 N–H and O–H groups in total. The summed E-state index contributed by atoms with van der Waals surface area (Å²) in [6.07, 6.45) is 0.438. The molecule has 0 fully saturated rings. The Morgan fingerprint density at radius 1 is 1.10 bits per heavy atom. The van der Waals surface area contributed by atoms with Gasteiger partial charge < -0.3 is 19.7 Å². The summed E-state index contributed by atoms with van der Waals surface area (Å²) in [4.78, 5) is 26.9. The second-order valence-corrected chi connectivity index (χ2v) is 6.41. The van der Waals surface area contributed by atoms with Crippen LogP contribution < -0.4 is 14.8 Å². The Morgan fingerprint density at radius 3 is 2.38 bits per heavy atom. The van der Waals surface area contributed by atoms with Gasteiger partial charge in [-0.05, 0) is 43.2 Å². The third kappa shape index (κ3) is 6.20. The number of amides is 2. The van der Waals surface area contributed by atoms with E-state index in [0.717, 1.165) is 5.56 Å². The summed E-state index contributed by atoms with van der Waals surface area (Å²) in [6.45, 7) is 3.98. The fourth-order valence-corrected chi connectivity index (χ4v) is 2.92. The summed E-state index contributed by atoms with van der Waals surface area (Å²) >= 11 is 0. The predicted octanol–water partition coefficient (Wildman–Crippen LogP) is 3.16. The minimum Gasteiger partial charge on any atom is -0.497 e. The summed E-state index contributed by atoms with van der Waals surface area (Å²) in [5.41, 5.74) is 0.841. The van der Waals surface area contributed by atoms with Gasteiger partial charge in [0.05, 0.1) is 7.11 Å². The standard InChI is InChI=1S/C22H27FN2O4/c1-4-19(22(27)24-5-2)25(14-16-10-12-17(28-3)13-11-16)21(26)15-29-20-9-7-6-8-18(20)23/h6-13,19H,4-5,14-15H2,1-3H3,(H,24,27)/t19-/m1/s1. The Balaban J connectivity index is 2.20. The zero-order chi connectivity index (χ0) is 21.2. The highest BCUT2D eigenvalue weighted by Gasteiger charge is 2.28. The zero-order valence-corrected chi connectivity index (χ0v) is 17.0. The fourth-order valence-electron chi connectivity index (χ4n) is 2.92. The summed E-state index contributed by atoms with van der Waals surface area (Å²) in [6, 6.07) is 12.5. The summed E-state index contributed by atoms with van der Waals surface area (Å²) in [5.74, 6) is -0.482. The van der Waals surface area contributed by atoms with Crippen LogP contribution in [0.5, 0.6) is 11.5 Å². The average Bonchev–Trinajstić information content (AvgIpc) is 2.73. The monoisotopic (exact) mass is 402 g/mol. The smallest absolute Gasteiger partial charge is 0.261 e. The SMILES string of the molecule is CCNC(=O)[C@@H](CC)N(Cc1ccc(OC)cc1)C(=O)COc1ccccc1F. The molecule has 2 aromatic carbocycles. The first-order chi connectivity index (χ1) is 14.0. The van der Waals surface area contributed by atoms with Crippen LogP contribution in [0.4, 0.5) is 4.39 Å². The van der Waals surface area contributed by atoms with E-state index in [-0.39, 0.29) is 24.8 Å². The molecule has 156 valence electrons. The van der Waals surface area contributed by atoms with Gasteiger partial charge in [-0.25, -0.2) is 4.39 Å². The van der Waals surface area contributed by atoms with Crippen molar-refractivity contribution in [1.82, 2.24) is 10.2 Å². The van der Waals surface area contributed by atoms with Gasteiger partial charge in [0.15, 0.2) is 18.2 Å². The van der Waals surface area contributed by atoms with E-state index in [2.05, 4.69) is 5.32 Å². The Hall–Kier alpha value is -3.09. The van der Waals surface area contributed by atoms with E-state index in [4.69, 9.17) is 9.47 Å². The molecule has 0 bridgehead atoms. The van der Waals surface area contributed by atoms with Crippen molar-refractivity contribution in [3.05, 3.63) is 59.9 Å². The van der Waals surface area contributed by atoms with Crippen LogP contribution in [0.15, 0.2) is 48.5 Å². The maximum Gasteiger partial charge on any atom is 0.261 e. The van der Waals surface area contributed by atoms with Crippen LogP contribution in [0, 0.1) is 5.82 Å². The highest BCUT2D eigenvalue weighted by atomic mass is 19.1. The summed E-state index contributed by atoms with van der Waals surface area (Å²) < 4.78 is 24.3. The van der Waals surface area contributed by atoms with Gasteiger partial charge in [-0.1, -0.05) is 31.2 Å². The molecule has 0 spiro atoms. The van der Waals surface area contributed by atoms with Gasteiger partial charge in [0, 0.05) is 13.1 Å². The van der Waals surface area contributed by atoms with Gasteiger partial charge in [-0.3, -0.25) is 9.59 Å². The number of hydrogen-bond donors (Lipinski definition) is 1. The van der Waals surface area contributed by atoms with Crippen LogP contribution in [0.25, 0.3) is 0 Å². The Kier molecular flexibility index (Phi) is 8.45. The maximum absolute atomic E-state index is 13.8. The molecule has 0 radical (unpaired) electrons. The molecule has 0 aromatic heterocycles. The van der Waals surface area contributed by atoms with Gasteiger partial charge in [-0.15, -0.1) is 0 Å². The second-order valence-electron chi connectivity index (χ2n) is 6.41. The van der Waals surface area contributed by atoms with Crippen LogP contribution in [-0.4, -0.2) is 43.0 Å². The normalized spacial score (nSPS) is 11.4. The van der Waals surface area contributed by atoms with Crippen molar-refractivity contribution >= 4 is 11.8 Å². The molecule has 6 nitrogen and oxygen atoms in total. The van der Waals surface area contributed by atoms with Gasteiger partial charge in [0.25, 0.3) is 5.91 Å². The van der Waals surface area contributed by atoms with Gasteiger partial charge in [0.1, 0.15) is 11.8 Å². The first kappa shape index (κ1) is 22.2. The number of benzene rings is 2. The third-order valence-electron chi connectivity index (χ3n) is 4.44. The van der Waals surface area contributed by atoms with E-state index >= 15 is 0 Å². The van der Waals surface area contributed by atoms with Crippen molar-refractivity contribution in [1.29, 1.82) is 0 Å². The van der Waals surface area contributed by atoms with Crippen molar-refractivity contribution in [2.45, 2.75) is 32.9 Å². The highest BCUT2D eigenvalue weighted by Crippen LogP contribution is 2.18. The first-order valence-electron chi connectivity index (χ1n) is 9.57. The summed E-state index contributed by atoms with van der Waals surface area (Å²) in [7, 11) is 1.58. The Morgan fingerprint density at radius 2 is 1.79 bits per heavy atom. The lowest BCUT2D eigenvalue weighted by Gasteiger charge is -2.30. The minimum atomic E-state index is -0.659. The van der Waals surface area contributed by atoms with E-state index in [1.807, 2.05) is 26.0 Å². The molecule has 0 saturated carbocycles. The number of likely N-dealkylation sites (N-methyl/N-ethyl adjacent to an activating group) is 1. The van der Waals surface area contributed by atoms with E-state index in [9.17, 15) is 14.0 Å². The molecule has 2 aromatic rings. The quantitative estimate of drug-likeness (QED) is 0.663. The molecule has 0 aliphatic heterocycles. The summed E-state index contributed by atoms with van der Waals surface area (Å²) in [5, 5.41) is 2.77. The highest BCUT2D eigenvalue weighted by molar-refractivity contribution is 5.88. The van der Waals surface area contributed by atoms with E-state index < -0.39 is 17.8 Å². The number of carbonyl (C=O) groups is 2. The van der Waals surface area contributed by atoms with E-state index in [1.54, 1.807) is 31.4 Å². The van der Waals surface area contributed by atoms with Crippen molar-refractivity contribution in [2.75, 3.05) is 20.3 Å². The molecule has 0 unspecified atom stereocenters. The Labute approximate surface area is 170 Å². The number of halogens is 1. The lowest BCUT2D eigenvalue weighted by molar-refractivity contribution is -0.143. The van der Waals surface area contributed by atoms with Gasteiger partial charge in [-0.2, -0.15) is 0 Å². The molecular formula is C22H27FN2O4. The van der Waals surface area contributed by atoms with Crippen LogP contribution in [-0.2, 0) is 16.1 Å².